The van der Waals surface area contributed by atoms with Gasteiger partial charge in [0.15, 0.2) is 24.2 Å². The molecule has 2 aromatic rings. The summed E-state index contributed by atoms with van der Waals surface area (Å²) < 4.78 is 20.7. The summed E-state index contributed by atoms with van der Waals surface area (Å²) in [4.78, 5) is 46.7. The highest BCUT2D eigenvalue weighted by molar-refractivity contribution is 5.98. The maximum Gasteiger partial charge on any atom is 0.339 e. The molecule has 4 amide bonds. The summed E-state index contributed by atoms with van der Waals surface area (Å²) >= 11 is 0. The van der Waals surface area contributed by atoms with Crippen LogP contribution < -0.4 is 30.6 Å². The fourth-order valence-electron chi connectivity index (χ4n) is 2.43. The molecule has 0 aliphatic carbocycles. The van der Waals surface area contributed by atoms with Crippen LogP contribution in [0.4, 0.5) is 10.5 Å². The molecule has 11 heteroatoms. The number of imide groups is 1. The quantitative estimate of drug-likeness (QED) is 0.490. The molecule has 170 valence electrons. The van der Waals surface area contributed by atoms with Crippen LogP contribution in [0.5, 0.6) is 17.2 Å². The van der Waals surface area contributed by atoms with Crippen LogP contribution in [0.2, 0.25) is 0 Å². The number of ether oxygens (including phenoxy) is 4. The smallest absolute Gasteiger partial charge is 0.339 e. The van der Waals surface area contributed by atoms with Crippen molar-refractivity contribution in [1.82, 2.24) is 5.32 Å². The number of primary amides is 1. The number of rotatable bonds is 9. The lowest BCUT2D eigenvalue weighted by Crippen LogP contribution is -2.42. The van der Waals surface area contributed by atoms with Gasteiger partial charge in [-0.2, -0.15) is 0 Å². The second-order valence-corrected chi connectivity index (χ2v) is 6.33. The predicted molar refractivity (Wildman–Crippen MR) is 113 cm³/mol. The molecule has 0 saturated carbocycles. The molecule has 0 aromatic heterocycles. The van der Waals surface area contributed by atoms with Crippen molar-refractivity contribution in [3.8, 4) is 17.2 Å². The number of nitrogens with two attached hydrogens (primary N) is 1. The molecular formula is C21H23N3O8. The van der Waals surface area contributed by atoms with E-state index < -0.39 is 29.9 Å². The number of amides is 4. The van der Waals surface area contributed by atoms with Gasteiger partial charge in [-0.25, -0.2) is 9.59 Å². The lowest BCUT2D eigenvalue weighted by Gasteiger charge is -2.14. The SMILES string of the molecule is COc1ccc(NC(=O)COc2ccc(C(=O)OC(C)C(=O)NC(N)=O)cc2OC)cc1. The number of nitrogens with one attached hydrogen (secondary N) is 2. The molecule has 0 fully saturated rings. The zero-order valence-electron chi connectivity index (χ0n) is 17.7. The van der Waals surface area contributed by atoms with Gasteiger partial charge in [-0.1, -0.05) is 0 Å². The van der Waals surface area contributed by atoms with Gasteiger partial charge >= 0.3 is 12.0 Å². The Hall–Kier alpha value is -4.28. The number of anilines is 1. The number of carbonyl (C=O) groups excluding carboxylic acids is 4. The summed E-state index contributed by atoms with van der Waals surface area (Å²) in [5.41, 5.74) is 5.49. The summed E-state index contributed by atoms with van der Waals surface area (Å²) in [5, 5.41) is 4.49. The number of benzene rings is 2. The van der Waals surface area contributed by atoms with E-state index >= 15 is 0 Å². The van der Waals surface area contributed by atoms with Gasteiger partial charge in [-0.05, 0) is 49.4 Å². The van der Waals surface area contributed by atoms with Gasteiger partial charge in [0.05, 0.1) is 19.8 Å². The number of hydrogen-bond acceptors (Lipinski definition) is 8. The molecular weight excluding hydrogens is 422 g/mol. The van der Waals surface area contributed by atoms with Crippen molar-refractivity contribution in [2.45, 2.75) is 13.0 Å². The molecule has 0 heterocycles. The molecule has 0 aliphatic heterocycles. The maximum atomic E-state index is 12.3. The van der Waals surface area contributed by atoms with Crippen molar-refractivity contribution in [3.05, 3.63) is 48.0 Å². The number of carbonyl (C=O) groups is 4. The molecule has 0 radical (unpaired) electrons. The second kappa shape index (κ2) is 11.2. The number of hydrogen-bond donors (Lipinski definition) is 3. The Labute approximate surface area is 183 Å². The minimum atomic E-state index is -1.25. The largest absolute Gasteiger partial charge is 0.497 e. The lowest BCUT2D eigenvalue weighted by molar-refractivity contribution is -0.127. The van der Waals surface area contributed by atoms with Crippen LogP contribution in [0.3, 0.4) is 0 Å². The standard InChI is InChI=1S/C21H23N3O8/c1-12(19(26)24-21(22)28)32-20(27)13-4-9-16(17(10-13)30-3)31-11-18(25)23-14-5-7-15(29-2)8-6-14/h4-10,12H,11H2,1-3H3,(H,23,25)(H3,22,24,26,28). The van der Waals surface area contributed by atoms with E-state index in [9.17, 15) is 19.2 Å². The van der Waals surface area contributed by atoms with E-state index in [1.165, 1.54) is 32.2 Å². The molecule has 2 aromatic carbocycles. The molecule has 2 rings (SSSR count). The van der Waals surface area contributed by atoms with Crippen molar-refractivity contribution < 1.29 is 38.1 Å². The van der Waals surface area contributed by atoms with Crippen molar-refractivity contribution in [2.75, 3.05) is 26.1 Å². The first-order valence-electron chi connectivity index (χ1n) is 9.29. The van der Waals surface area contributed by atoms with Crippen LogP contribution in [0, 0.1) is 0 Å². The zero-order valence-corrected chi connectivity index (χ0v) is 17.7. The molecule has 11 nitrogen and oxygen atoms in total. The normalized spacial score (nSPS) is 11.0. The van der Waals surface area contributed by atoms with Gasteiger partial charge in [0.25, 0.3) is 11.8 Å². The van der Waals surface area contributed by atoms with Crippen LogP contribution in [0.15, 0.2) is 42.5 Å². The Balaban J connectivity index is 1.97. The van der Waals surface area contributed by atoms with Crippen molar-refractivity contribution >= 4 is 29.5 Å². The average molecular weight is 445 g/mol. The Morgan fingerprint density at radius 3 is 2.25 bits per heavy atom. The second-order valence-electron chi connectivity index (χ2n) is 6.33. The summed E-state index contributed by atoms with van der Waals surface area (Å²) in [6.45, 7) is 0.975. The monoisotopic (exact) mass is 445 g/mol. The Kier molecular flexibility index (Phi) is 8.40. The molecule has 0 spiro atoms. The van der Waals surface area contributed by atoms with E-state index in [0.29, 0.717) is 11.4 Å². The molecule has 0 saturated heterocycles. The van der Waals surface area contributed by atoms with Crippen molar-refractivity contribution in [3.63, 3.8) is 0 Å². The summed E-state index contributed by atoms with van der Waals surface area (Å²) in [6.07, 6.45) is -1.25. The molecule has 0 aliphatic rings. The van der Waals surface area contributed by atoms with Gasteiger partial charge in [-0.15, -0.1) is 0 Å². The highest BCUT2D eigenvalue weighted by Crippen LogP contribution is 2.28. The third kappa shape index (κ3) is 6.90. The minimum absolute atomic E-state index is 0.0654. The highest BCUT2D eigenvalue weighted by Gasteiger charge is 2.21. The fourth-order valence-corrected chi connectivity index (χ4v) is 2.43. The van der Waals surface area contributed by atoms with E-state index in [2.05, 4.69) is 5.32 Å². The van der Waals surface area contributed by atoms with Gasteiger partial charge in [0, 0.05) is 5.69 Å². The average Bonchev–Trinajstić information content (AvgIpc) is 2.77. The number of methoxy groups -OCH3 is 2. The van der Waals surface area contributed by atoms with E-state index in [1.807, 2.05) is 5.32 Å². The molecule has 1 atom stereocenters. The molecule has 32 heavy (non-hydrogen) atoms. The highest BCUT2D eigenvalue weighted by atomic mass is 16.5. The van der Waals surface area contributed by atoms with Gasteiger partial charge in [0.1, 0.15) is 5.75 Å². The first kappa shape index (κ1) is 24.0. The summed E-state index contributed by atoms with van der Waals surface area (Å²) in [6, 6.07) is 9.84. The van der Waals surface area contributed by atoms with Crippen molar-refractivity contribution in [1.29, 1.82) is 0 Å². The molecule has 1 unspecified atom stereocenters. The lowest BCUT2D eigenvalue weighted by atomic mass is 10.2. The Morgan fingerprint density at radius 2 is 1.66 bits per heavy atom. The summed E-state index contributed by atoms with van der Waals surface area (Å²) in [5.74, 6) is -1.06. The van der Waals surface area contributed by atoms with E-state index in [0.717, 1.165) is 0 Å². The minimum Gasteiger partial charge on any atom is -0.497 e. The third-order valence-corrected chi connectivity index (χ3v) is 4.03. The Morgan fingerprint density at radius 1 is 0.969 bits per heavy atom. The fraction of sp³-hybridized carbons (Fsp3) is 0.238. The van der Waals surface area contributed by atoms with E-state index in [4.69, 9.17) is 24.7 Å². The van der Waals surface area contributed by atoms with Crippen LogP contribution in [0.1, 0.15) is 17.3 Å². The van der Waals surface area contributed by atoms with Gasteiger partial charge in [-0.3, -0.25) is 14.9 Å². The Bertz CT molecular complexity index is 991. The topological polar surface area (TPSA) is 155 Å². The predicted octanol–water partition coefficient (Wildman–Crippen LogP) is 1.46. The third-order valence-electron chi connectivity index (χ3n) is 4.03. The first-order valence-corrected chi connectivity index (χ1v) is 9.29. The van der Waals surface area contributed by atoms with E-state index in [1.54, 1.807) is 31.4 Å². The van der Waals surface area contributed by atoms with Crippen LogP contribution in [-0.4, -0.2) is 50.7 Å². The van der Waals surface area contributed by atoms with Crippen LogP contribution >= 0.6 is 0 Å². The van der Waals surface area contributed by atoms with Crippen LogP contribution in [-0.2, 0) is 14.3 Å². The maximum absolute atomic E-state index is 12.3. The summed E-state index contributed by atoms with van der Waals surface area (Å²) in [7, 11) is 2.90. The number of esters is 1. The van der Waals surface area contributed by atoms with Gasteiger partial charge < -0.3 is 30.0 Å². The first-order chi connectivity index (χ1) is 15.2. The molecule has 0 bridgehead atoms. The molecule has 4 N–H and O–H groups in total. The van der Waals surface area contributed by atoms with Gasteiger partial charge in [0.2, 0.25) is 0 Å². The van der Waals surface area contributed by atoms with Crippen molar-refractivity contribution in [2.24, 2.45) is 5.73 Å². The van der Waals surface area contributed by atoms with Crippen LogP contribution in [0.25, 0.3) is 0 Å². The number of urea groups is 1. The zero-order chi connectivity index (χ0) is 23.7. The van der Waals surface area contributed by atoms with E-state index in [-0.39, 0.29) is 23.7 Å².